The SMILES string of the molecule is Cc1oncc1C(=O)N1CC[C@@H]2OCCC[C@@]2(COc2ccccn2)C1. The van der Waals surface area contributed by atoms with Gasteiger partial charge in [-0.1, -0.05) is 11.2 Å². The van der Waals surface area contributed by atoms with Gasteiger partial charge >= 0.3 is 0 Å². The number of fused-ring (bicyclic) bond motifs is 1. The molecule has 0 unspecified atom stereocenters. The van der Waals surface area contributed by atoms with Crippen LogP contribution in [0.25, 0.3) is 0 Å². The van der Waals surface area contributed by atoms with Crippen molar-refractivity contribution in [1.29, 1.82) is 0 Å². The zero-order valence-corrected chi connectivity index (χ0v) is 14.9. The van der Waals surface area contributed by atoms with Crippen molar-refractivity contribution in [3.63, 3.8) is 0 Å². The summed E-state index contributed by atoms with van der Waals surface area (Å²) < 4.78 is 17.1. The number of likely N-dealkylation sites (tertiary alicyclic amines) is 1. The van der Waals surface area contributed by atoms with Gasteiger partial charge in [-0.25, -0.2) is 4.98 Å². The van der Waals surface area contributed by atoms with Gasteiger partial charge in [-0.05, 0) is 32.3 Å². The second-order valence-electron chi connectivity index (χ2n) is 7.09. The Morgan fingerprint density at radius 3 is 3.15 bits per heavy atom. The molecule has 7 nitrogen and oxygen atoms in total. The first-order chi connectivity index (χ1) is 12.7. The Kier molecular flexibility index (Phi) is 4.63. The lowest BCUT2D eigenvalue weighted by molar-refractivity contribution is -0.133. The fourth-order valence-electron chi connectivity index (χ4n) is 4.00. The van der Waals surface area contributed by atoms with Gasteiger partial charge in [0.2, 0.25) is 5.88 Å². The van der Waals surface area contributed by atoms with Gasteiger partial charge in [-0.3, -0.25) is 4.79 Å². The third-order valence-corrected chi connectivity index (χ3v) is 5.40. The van der Waals surface area contributed by atoms with Crippen molar-refractivity contribution in [2.24, 2.45) is 5.41 Å². The predicted molar refractivity (Wildman–Crippen MR) is 92.9 cm³/mol. The van der Waals surface area contributed by atoms with Gasteiger partial charge in [0.1, 0.15) is 11.3 Å². The van der Waals surface area contributed by atoms with E-state index in [0.717, 1.165) is 25.9 Å². The molecule has 2 aromatic heterocycles. The molecule has 0 saturated carbocycles. The van der Waals surface area contributed by atoms with E-state index < -0.39 is 0 Å². The van der Waals surface area contributed by atoms with Gasteiger partial charge in [0.25, 0.3) is 5.91 Å². The fraction of sp³-hybridized carbons (Fsp3) is 0.526. The van der Waals surface area contributed by atoms with Crippen LogP contribution in [-0.2, 0) is 4.74 Å². The highest BCUT2D eigenvalue weighted by molar-refractivity contribution is 5.94. The van der Waals surface area contributed by atoms with E-state index in [1.165, 1.54) is 6.20 Å². The van der Waals surface area contributed by atoms with Crippen LogP contribution in [-0.4, -0.2) is 53.4 Å². The fourth-order valence-corrected chi connectivity index (χ4v) is 4.00. The van der Waals surface area contributed by atoms with Crippen molar-refractivity contribution in [1.82, 2.24) is 15.0 Å². The molecular formula is C19H23N3O4. The Hall–Kier alpha value is -2.41. The molecule has 26 heavy (non-hydrogen) atoms. The topological polar surface area (TPSA) is 77.7 Å². The van der Waals surface area contributed by atoms with E-state index in [1.807, 2.05) is 23.1 Å². The van der Waals surface area contributed by atoms with Crippen LogP contribution in [0.5, 0.6) is 5.88 Å². The Balaban J connectivity index is 1.53. The number of carbonyl (C=O) groups excluding carboxylic acids is 1. The van der Waals surface area contributed by atoms with Crippen molar-refractivity contribution in [3.05, 3.63) is 41.9 Å². The quantitative estimate of drug-likeness (QED) is 0.836. The summed E-state index contributed by atoms with van der Waals surface area (Å²) in [4.78, 5) is 19.0. The van der Waals surface area contributed by atoms with E-state index >= 15 is 0 Å². The van der Waals surface area contributed by atoms with Crippen molar-refractivity contribution in [2.75, 3.05) is 26.3 Å². The summed E-state index contributed by atoms with van der Waals surface area (Å²) >= 11 is 0. The number of hydrogen-bond donors (Lipinski definition) is 0. The molecule has 2 saturated heterocycles. The summed E-state index contributed by atoms with van der Waals surface area (Å²) in [5, 5.41) is 3.73. The molecule has 4 heterocycles. The molecule has 1 amide bonds. The molecule has 0 aromatic carbocycles. The van der Waals surface area contributed by atoms with Gasteiger partial charge in [0.15, 0.2) is 0 Å². The minimum atomic E-state index is -0.214. The van der Waals surface area contributed by atoms with Crippen LogP contribution in [0.3, 0.4) is 0 Å². The zero-order chi connectivity index (χ0) is 18.0. The monoisotopic (exact) mass is 357 g/mol. The first-order valence-electron chi connectivity index (χ1n) is 9.04. The Labute approximate surface area is 152 Å². The summed E-state index contributed by atoms with van der Waals surface area (Å²) in [5.74, 6) is 1.12. The first-order valence-corrected chi connectivity index (χ1v) is 9.04. The second-order valence-corrected chi connectivity index (χ2v) is 7.09. The van der Waals surface area contributed by atoms with Crippen LogP contribution in [0.1, 0.15) is 35.4 Å². The van der Waals surface area contributed by atoms with Gasteiger partial charge in [-0.15, -0.1) is 0 Å². The highest BCUT2D eigenvalue weighted by atomic mass is 16.5. The van der Waals surface area contributed by atoms with Crippen molar-refractivity contribution in [3.8, 4) is 5.88 Å². The zero-order valence-electron chi connectivity index (χ0n) is 14.9. The number of aryl methyl sites for hydroxylation is 1. The maximum atomic E-state index is 12.9. The van der Waals surface area contributed by atoms with Crippen LogP contribution >= 0.6 is 0 Å². The number of amides is 1. The molecule has 2 aliphatic rings. The number of aromatic nitrogens is 2. The van der Waals surface area contributed by atoms with E-state index in [9.17, 15) is 4.79 Å². The highest BCUT2D eigenvalue weighted by Gasteiger charge is 2.48. The third kappa shape index (κ3) is 3.19. The predicted octanol–water partition coefficient (Wildman–Crippen LogP) is 2.47. The molecule has 138 valence electrons. The highest BCUT2D eigenvalue weighted by Crippen LogP contribution is 2.41. The molecule has 2 fully saturated rings. The lowest BCUT2D eigenvalue weighted by Gasteiger charge is -2.50. The molecule has 2 atom stereocenters. The van der Waals surface area contributed by atoms with E-state index in [1.54, 1.807) is 13.1 Å². The van der Waals surface area contributed by atoms with Crippen LogP contribution in [0.2, 0.25) is 0 Å². The van der Waals surface area contributed by atoms with E-state index in [-0.39, 0.29) is 17.4 Å². The lowest BCUT2D eigenvalue weighted by Crippen LogP contribution is -2.58. The summed E-state index contributed by atoms with van der Waals surface area (Å²) in [7, 11) is 0. The minimum Gasteiger partial charge on any atom is -0.477 e. The normalized spacial score (nSPS) is 25.6. The van der Waals surface area contributed by atoms with Gasteiger partial charge in [0.05, 0.1) is 18.9 Å². The van der Waals surface area contributed by atoms with Gasteiger partial charge in [0, 0.05) is 37.4 Å². The second kappa shape index (κ2) is 7.07. The Morgan fingerprint density at radius 2 is 2.38 bits per heavy atom. The number of carbonyl (C=O) groups is 1. The molecule has 0 radical (unpaired) electrons. The smallest absolute Gasteiger partial charge is 0.259 e. The van der Waals surface area contributed by atoms with E-state index in [4.69, 9.17) is 14.0 Å². The molecule has 0 aliphatic carbocycles. The van der Waals surface area contributed by atoms with E-state index in [2.05, 4.69) is 10.1 Å². The molecule has 2 aliphatic heterocycles. The van der Waals surface area contributed by atoms with Crippen molar-refractivity contribution in [2.45, 2.75) is 32.3 Å². The summed E-state index contributed by atoms with van der Waals surface area (Å²) in [6, 6.07) is 5.61. The minimum absolute atomic E-state index is 0.0371. The molecule has 0 N–H and O–H groups in total. The molecular weight excluding hydrogens is 334 g/mol. The van der Waals surface area contributed by atoms with Crippen LogP contribution in [0.4, 0.5) is 0 Å². The van der Waals surface area contributed by atoms with Gasteiger partial charge < -0.3 is 18.9 Å². The van der Waals surface area contributed by atoms with Crippen LogP contribution in [0.15, 0.2) is 35.1 Å². The number of rotatable bonds is 4. The van der Waals surface area contributed by atoms with Gasteiger partial charge in [-0.2, -0.15) is 0 Å². The average Bonchev–Trinajstić information content (AvgIpc) is 3.12. The molecule has 0 spiro atoms. The van der Waals surface area contributed by atoms with E-state index in [0.29, 0.717) is 36.9 Å². The number of pyridine rings is 1. The van der Waals surface area contributed by atoms with Crippen molar-refractivity contribution < 1.29 is 18.8 Å². The number of piperidine rings is 1. The molecule has 4 rings (SSSR count). The third-order valence-electron chi connectivity index (χ3n) is 5.40. The maximum Gasteiger partial charge on any atom is 0.259 e. The summed E-state index contributed by atoms with van der Waals surface area (Å²) in [6.07, 6.45) is 6.06. The lowest BCUT2D eigenvalue weighted by atomic mass is 9.73. The largest absolute Gasteiger partial charge is 0.477 e. The number of nitrogens with zero attached hydrogens (tertiary/aromatic N) is 3. The number of hydrogen-bond acceptors (Lipinski definition) is 6. The molecule has 2 aromatic rings. The summed E-state index contributed by atoms with van der Waals surface area (Å²) in [6.45, 7) is 4.29. The first kappa shape index (κ1) is 17.0. The van der Waals surface area contributed by atoms with Crippen LogP contribution in [0, 0.1) is 12.3 Å². The van der Waals surface area contributed by atoms with Crippen LogP contribution < -0.4 is 4.74 Å². The van der Waals surface area contributed by atoms with Crippen molar-refractivity contribution >= 4 is 5.91 Å². The maximum absolute atomic E-state index is 12.9. The summed E-state index contributed by atoms with van der Waals surface area (Å²) in [5.41, 5.74) is 0.315. The Bertz CT molecular complexity index is 763. The Morgan fingerprint density at radius 1 is 1.46 bits per heavy atom. The number of ether oxygens (including phenoxy) is 2. The molecule has 0 bridgehead atoms. The molecule has 7 heteroatoms. The average molecular weight is 357 g/mol. The standard InChI is InChI=1S/C19H23N3O4/c1-14-15(11-21-26-14)18(23)22-9-6-16-19(12-22,7-4-10-24-16)13-25-17-5-2-3-8-20-17/h2-3,5,8,11,16H,4,6-7,9-10,12-13H2,1H3/t16-,19-/m0/s1.